The molecule has 0 amide bonds. The first kappa shape index (κ1) is 29.2. The first-order valence-electron chi connectivity index (χ1n) is 11.4. The fraction of sp³-hybridized carbons (Fsp3) is 0.727. The third-order valence-electron chi connectivity index (χ3n) is 6.71. The normalized spacial score (nSPS) is 13.8. The molecular formula is C22H36F5O3PS. The molecule has 0 heterocycles. The molecule has 1 rings (SSSR count). The van der Waals surface area contributed by atoms with E-state index >= 15 is 0 Å². The summed E-state index contributed by atoms with van der Waals surface area (Å²) in [5.41, 5.74) is 0. The Morgan fingerprint density at radius 3 is 1.41 bits per heavy atom. The minimum absolute atomic E-state index is 0.323. The quantitative estimate of drug-likeness (QED) is 0.0803. The number of unbranched alkanes of at least 4 members (excludes halogenated alkanes) is 7. The first-order chi connectivity index (χ1) is 14.9. The summed E-state index contributed by atoms with van der Waals surface area (Å²) in [6.07, 6.45) is 9.64. The van der Waals surface area contributed by atoms with E-state index in [0.717, 1.165) is 32.1 Å². The van der Waals surface area contributed by atoms with E-state index < -0.39 is 50.9 Å². The van der Waals surface area contributed by atoms with Crippen LogP contribution >= 0.6 is 6.83 Å². The van der Waals surface area contributed by atoms with Crippen molar-refractivity contribution in [2.24, 2.45) is 0 Å². The summed E-state index contributed by atoms with van der Waals surface area (Å²) in [5.74, 6) is -11.8. The van der Waals surface area contributed by atoms with Gasteiger partial charge < -0.3 is 0 Å². The molecule has 0 bridgehead atoms. The number of rotatable bonds is 15. The Hall–Kier alpha value is -0.790. The van der Waals surface area contributed by atoms with Crippen molar-refractivity contribution < 1.29 is 34.3 Å². The maximum atomic E-state index is 14.2. The topological polar surface area (TPSA) is 43.4 Å². The number of hydrogen-bond donors (Lipinski definition) is 0. The average molecular weight is 507 g/mol. The van der Waals surface area contributed by atoms with E-state index in [-0.39, 0.29) is 0 Å². The van der Waals surface area contributed by atoms with Crippen LogP contribution in [-0.4, -0.2) is 33.1 Å². The van der Waals surface area contributed by atoms with Crippen molar-refractivity contribution in [2.45, 2.75) is 84.0 Å². The van der Waals surface area contributed by atoms with E-state index in [1.54, 1.807) is 20.8 Å². The summed E-state index contributed by atoms with van der Waals surface area (Å²) >= 11 is 0. The molecule has 32 heavy (non-hydrogen) atoms. The maximum absolute atomic E-state index is 14.2. The Morgan fingerprint density at radius 1 is 0.625 bits per heavy atom. The van der Waals surface area contributed by atoms with Crippen LogP contribution in [0.5, 0.6) is 0 Å². The van der Waals surface area contributed by atoms with Gasteiger partial charge in [-0.2, -0.15) is 0 Å². The molecule has 0 fully saturated rings. The van der Waals surface area contributed by atoms with Crippen LogP contribution in [0.15, 0.2) is 4.90 Å². The molecule has 10 heteroatoms. The van der Waals surface area contributed by atoms with E-state index in [0.29, 0.717) is 31.1 Å². The monoisotopic (exact) mass is 506 g/mol. The van der Waals surface area contributed by atoms with Crippen molar-refractivity contribution >= 4 is 16.9 Å². The average Bonchev–Trinajstić information content (AvgIpc) is 2.77. The van der Waals surface area contributed by atoms with Gasteiger partial charge in [-0.15, -0.1) is 0 Å². The molecule has 0 aliphatic rings. The number of hydrogen-bond acceptors (Lipinski definition) is 3. The van der Waals surface area contributed by atoms with Crippen LogP contribution in [0.25, 0.3) is 0 Å². The number of halogens is 5. The summed E-state index contributed by atoms with van der Waals surface area (Å²) < 4.78 is 100. The van der Waals surface area contributed by atoms with E-state index in [1.165, 1.54) is 12.8 Å². The summed E-state index contributed by atoms with van der Waals surface area (Å²) in [7, 11) is -5.23. The van der Waals surface area contributed by atoms with E-state index in [4.69, 9.17) is 3.97 Å². The van der Waals surface area contributed by atoms with Crippen molar-refractivity contribution in [3.05, 3.63) is 29.1 Å². The second-order valence-electron chi connectivity index (χ2n) is 8.43. The molecule has 0 saturated carbocycles. The summed E-state index contributed by atoms with van der Waals surface area (Å²) in [5, 5.41) is 0. The molecule has 0 aliphatic heterocycles. The molecule has 0 saturated heterocycles. The minimum atomic E-state index is -5.23. The zero-order valence-corrected chi connectivity index (χ0v) is 21.2. The van der Waals surface area contributed by atoms with Crippen molar-refractivity contribution in [3.63, 3.8) is 0 Å². The van der Waals surface area contributed by atoms with Crippen LogP contribution in [0.3, 0.4) is 0 Å². The Bertz CT molecular complexity index is 833. The molecule has 0 aliphatic carbocycles. The van der Waals surface area contributed by atoms with Gasteiger partial charge in [0, 0.05) is 0 Å². The van der Waals surface area contributed by atoms with Crippen LogP contribution in [0.4, 0.5) is 22.0 Å². The van der Waals surface area contributed by atoms with E-state index in [9.17, 15) is 30.4 Å². The molecular weight excluding hydrogens is 470 g/mol. The molecule has 1 aromatic rings. The SMILES string of the molecule is CCCCCCCCCCP(CC)(CC)(CC)OS(=O)(=O)c1c(F)c(F)c(F)c(F)c1F. The zero-order valence-electron chi connectivity index (χ0n) is 19.5. The third-order valence-corrected chi connectivity index (χ3v) is 16.3. The standard InChI is InChI=1S/C22H36F5O3PS/c1-5-9-10-11-12-13-14-15-16-31(6-2,7-3,8-4)30-32(28,29)22-20(26)18(24)17(23)19(25)21(22)27/h5-16H2,1-4H3. The molecule has 0 atom stereocenters. The molecule has 0 spiro atoms. The number of benzene rings is 1. The predicted octanol–water partition coefficient (Wildman–Crippen LogP) is 7.76. The van der Waals surface area contributed by atoms with Crippen LogP contribution in [0.2, 0.25) is 0 Å². The molecule has 188 valence electrons. The second-order valence-corrected chi connectivity index (χ2v) is 16.4. The van der Waals surface area contributed by atoms with Crippen molar-refractivity contribution in [1.82, 2.24) is 0 Å². The third kappa shape index (κ3) is 6.41. The Morgan fingerprint density at radius 2 is 1.00 bits per heavy atom. The fourth-order valence-corrected chi connectivity index (χ4v) is 12.1. The Balaban J connectivity index is 3.16. The first-order valence-corrected chi connectivity index (χ1v) is 15.7. The van der Waals surface area contributed by atoms with Crippen molar-refractivity contribution in [1.29, 1.82) is 0 Å². The zero-order chi connectivity index (χ0) is 24.6. The summed E-state index contributed by atoms with van der Waals surface area (Å²) in [6.45, 7) is 3.89. The van der Waals surface area contributed by atoms with E-state index in [2.05, 4.69) is 6.92 Å². The molecule has 0 radical (unpaired) electrons. The molecule has 0 N–H and O–H groups in total. The van der Waals surface area contributed by atoms with Crippen molar-refractivity contribution in [3.8, 4) is 0 Å². The van der Waals surface area contributed by atoms with Gasteiger partial charge in [0.15, 0.2) is 0 Å². The van der Waals surface area contributed by atoms with Gasteiger partial charge in [0.05, 0.1) is 0 Å². The van der Waals surface area contributed by atoms with Gasteiger partial charge in [-0.1, -0.05) is 0 Å². The van der Waals surface area contributed by atoms with Gasteiger partial charge in [0.1, 0.15) is 0 Å². The van der Waals surface area contributed by atoms with Gasteiger partial charge in [0.2, 0.25) is 0 Å². The van der Waals surface area contributed by atoms with Gasteiger partial charge in [-0.3, -0.25) is 0 Å². The van der Waals surface area contributed by atoms with Gasteiger partial charge in [-0.05, 0) is 0 Å². The van der Waals surface area contributed by atoms with Gasteiger partial charge >= 0.3 is 189 Å². The van der Waals surface area contributed by atoms with Crippen molar-refractivity contribution in [2.75, 3.05) is 24.6 Å². The van der Waals surface area contributed by atoms with Crippen LogP contribution in [0.1, 0.15) is 79.1 Å². The van der Waals surface area contributed by atoms with Crippen LogP contribution < -0.4 is 0 Å². The van der Waals surface area contributed by atoms with Crippen LogP contribution in [-0.2, 0) is 14.1 Å². The molecule has 0 aromatic heterocycles. The van der Waals surface area contributed by atoms with Gasteiger partial charge in [-0.25, -0.2) is 0 Å². The van der Waals surface area contributed by atoms with Gasteiger partial charge in [0.25, 0.3) is 0 Å². The summed E-state index contributed by atoms with van der Waals surface area (Å²) in [4.78, 5) is -1.91. The molecule has 0 unspecified atom stereocenters. The fourth-order valence-electron chi connectivity index (χ4n) is 4.11. The van der Waals surface area contributed by atoms with E-state index in [1.807, 2.05) is 0 Å². The second kappa shape index (κ2) is 12.1. The predicted molar refractivity (Wildman–Crippen MR) is 121 cm³/mol. The molecule has 3 nitrogen and oxygen atoms in total. The Kier molecular flexibility index (Phi) is 11.0. The Labute approximate surface area is 189 Å². The molecule has 1 aromatic carbocycles. The van der Waals surface area contributed by atoms with Crippen LogP contribution in [0, 0.1) is 29.1 Å². The summed E-state index contributed by atoms with van der Waals surface area (Å²) in [6, 6.07) is 0.